The van der Waals surface area contributed by atoms with Gasteiger partial charge in [0.25, 0.3) is 0 Å². The predicted octanol–water partition coefficient (Wildman–Crippen LogP) is 1.70. The number of hydrogen-bond acceptors (Lipinski definition) is 4. The number of hydrogen-bond donors (Lipinski definition) is 2. The first-order valence-electron chi connectivity index (χ1n) is 5.79. The van der Waals surface area contributed by atoms with Crippen LogP contribution in [0.3, 0.4) is 0 Å². The van der Waals surface area contributed by atoms with Crippen molar-refractivity contribution in [3.05, 3.63) is 23.8 Å². The third-order valence-corrected chi connectivity index (χ3v) is 2.63. The van der Waals surface area contributed by atoms with Crippen molar-refractivity contribution in [2.75, 3.05) is 20.7 Å². The fraction of sp³-hybridized carbons (Fsp3) is 0.462. The highest BCUT2D eigenvalue weighted by Gasteiger charge is 2.06. The third-order valence-electron chi connectivity index (χ3n) is 2.63. The monoisotopic (exact) mass is 253 g/mol. The molecule has 0 aromatic heterocycles. The number of aliphatic carboxylic acids is 1. The molecule has 100 valence electrons. The quantitative estimate of drug-likeness (QED) is 0.774. The van der Waals surface area contributed by atoms with Crippen LogP contribution in [-0.2, 0) is 11.3 Å². The summed E-state index contributed by atoms with van der Waals surface area (Å²) in [6.45, 7) is 1.41. The molecule has 1 aromatic carbocycles. The Kier molecular flexibility index (Phi) is 5.45. The Hall–Kier alpha value is -1.75. The van der Waals surface area contributed by atoms with Gasteiger partial charge in [-0.25, -0.2) is 0 Å². The van der Waals surface area contributed by atoms with Crippen molar-refractivity contribution in [2.24, 2.45) is 0 Å². The van der Waals surface area contributed by atoms with Gasteiger partial charge in [-0.05, 0) is 37.7 Å². The molecule has 18 heavy (non-hydrogen) atoms. The van der Waals surface area contributed by atoms with Crippen LogP contribution in [0.4, 0.5) is 0 Å². The number of benzene rings is 1. The van der Waals surface area contributed by atoms with Gasteiger partial charge in [-0.15, -0.1) is 0 Å². The summed E-state index contributed by atoms with van der Waals surface area (Å²) in [5, 5.41) is 18.0. The number of carbonyl (C=O) groups is 1. The summed E-state index contributed by atoms with van der Waals surface area (Å²) in [5.41, 5.74) is 1.02. The van der Waals surface area contributed by atoms with E-state index in [1.54, 1.807) is 12.1 Å². The molecule has 0 aliphatic rings. The number of carboxylic acids is 1. The highest BCUT2D eigenvalue weighted by atomic mass is 16.5. The van der Waals surface area contributed by atoms with Gasteiger partial charge >= 0.3 is 5.97 Å². The minimum absolute atomic E-state index is 0.120. The minimum atomic E-state index is -0.769. The Labute approximate surface area is 107 Å². The van der Waals surface area contributed by atoms with Gasteiger partial charge < -0.3 is 19.8 Å². The van der Waals surface area contributed by atoms with E-state index in [-0.39, 0.29) is 12.2 Å². The summed E-state index contributed by atoms with van der Waals surface area (Å²) in [6.07, 6.45) is 0.810. The van der Waals surface area contributed by atoms with Gasteiger partial charge in [0.1, 0.15) is 0 Å². The summed E-state index contributed by atoms with van der Waals surface area (Å²) >= 11 is 0. The van der Waals surface area contributed by atoms with Crippen molar-refractivity contribution in [1.82, 2.24) is 4.90 Å². The Morgan fingerprint density at radius 2 is 2.17 bits per heavy atom. The van der Waals surface area contributed by atoms with Crippen molar-refractivity contribution < 1.29 is 19.7 Å². The molecule has 1 rings (SSSR count). The normalized spacial score (nSPS) is 10.6. The standard InChI is InChI=1S/C13H19NO4/c1-14(7-3-4-13(16)17)9-10-5-6-11(15)12(8-10)18-2/h5-6,8,15H,3-4,7,9H2,1-2H3,(H,16,17). The van der Waals surface area contributed by atoms with Crippen molar-refractivity contribution in [3.63, 3.8) is 0 Å². The molecule has 0 heterocycles. The van der Waals surface area contributed by atoms with E-state index in [0.29, 0.717) is 18.7 Å². The molecule has 0 fully saturated rings. The summed E-state index contributed by atoms with van der Waals surface area (Å²) < 4.78 is 5.03. The van der Waals surface area contributed by atoms with Crippen LogP contribution in [0.1, 0.15) is 18.4 Å². The largest absolute Gasteiger partial charge is 0.504 e. The van der Waals surface area contributed by atoms with Crippen molar-refractivity contribution >= 4 is 5.97 Å². The molecule has 1 aromatic rings. The topological polar surface area (TPSA) is 70.0 Å². The molecule has 0 bridgehead atoms. The molecular weight excluding hydrogens is 234 g/mol. The lowest BCUT2D eigenvalue weighted by Gasteiger charge is -2.16. The average Bonchev–Trinajstić information content (AvgIpc) is 2.31. The second-order valence-electron chi connectivity index (χ2n) is 4.24. The Morgan fingerprint density at radius 1 is 1.44 bits per heavy atom. The molecule has 0 amide bonds. The number of phenolic OH excluding ortho intramolecular Hbond substituents is 1. The van der Waals surface area contributed by atoms with Gasteiger partial charge in [-0.2, -0.15) is 0 Å². The Balaban J connectivity index is 2.48. The third kappa shape index (κ3) is 4.63. The highest BCUT2D eigenvalue weighted by Crippen LogP contribution is 2.26. The fourth-order valence-corrected chi connectivity index (χ4v) is 1.71. The number of rotatable bonds is 7. The molecular formula is C13H19NO4. The zero-order chi connectivity index (χ0) is 13.5. The summed E-state index contributed by atoms with van der Waals surface area (Å²) in [6, 6.07) is 5.20. The summed E-state index contributed by atoms with van der Waals surface area (Å²) in [7, 11) is 3.44. The van der Waals surface area contributed by atoms with E-state index < -0.39 is 5.97 Å². The summed E-state index contributed by atoms with van der Waals surface area (Å²) in [4.78, 5) is 12.4. The number of aromatic hydroxyl groups is 1. The molecule has 0 aliphatic carbocycles. The second-order valence-corrected chi connectivity index (χ2v) is 4.24. The van der Waals surface area contributed by atoms with Gasteiger partial charge in [0.15, 0.2) is 11.5 Å². The van der Waals surface area contributed by atoms with Crippen LogP contribution in [-0.4, -0.2) is 41.8 Å². The van der Waals surface area contributed by atoms with E-state index >= 15 is 0 Å². The molecule has 0 radical (unpaired) electrons. The lowest BCUT2D eigenvalue weighted by atomic mass is 10.2. The zero-order valence-electron chi connectivity index (χ0n) is 10.7. The van der Waals surface area contributed by atoms with Gasteiger partial charge in [0, 0.05) is 13.0 Å². The maximum absolute atomic E-state index is 10.4. The van der Waals surface area contributed by atoms with Crippen LogP contribution in [0.2, 0.25) is 0 Å². The second kappa shape index (κ2) is 6.86. The van der Waals surface area contributed by atoms with Crippen LogP contribution >= 0.6 is 0 Å². The number of nitrogens with zero attached hydrogens (tertiary/aromatic N) is 1. The maximum atomic E-state index is 10.4. The molecule has 0 unspecified atom stereocenters. The van der Waals surface area contributed by atoms with E-state index in [9.17, 15) is 9.90 Å². The SMILES string of the molecule is COc1cc(CN(C)CCCC(=O)O)ccc1O. The first-order chi connectivity index (χ1) is 8.52. The van der Waals surface area contributed by atoms with Crippen molar-refractivity contribution in [1.29, 1.82) is 0 Å². The Bertz CT molecular complexity index is 406. The average molecular weight is 253 g/mol. The minimum Gasteiger partial charge on any atom is -0.504 e. The van der Waals surface area contributed by atoms with Gasteiger partial charge in [0.2, 0.25) is 0 Å². The highest BCUT2D eigenvalue weighted by molar-refractivity contribution is 5.66. The summed E-state index contributed by atoms with van der Waals surface area (Å²) in [5.74, 6) is -0.198. The molecule has 0 saturated carbocycles. The van der Waals surface area contributed by atoms with Gasteiger partial charge in [-0.1, -0.05) is 6.07 Å². The van der Waals surface area contributed by atoms with Crippen molar-refractivity contribution in [2.45, 2.75) is 19.4 Å². The van der Waals surface area contributed by atoms with Gasteiger partial charge in [0.05, 0.1) is 7.11 Å². The number of methoxy groups -OCH3 is 1. The van der Waals surface area contributed by atoms with Crippen LogP contribution in [0.5, 0.6) is 11.5 Å². The molecule has 0 aliphatic heterocycles. The smallest absolute Gasteiger partial charge is 0.303 e. The van der Waals surface area contributed by atoms with Gasteiger partial charge in [-0.3, -0.25) is 4.79 Å². The van der Waals surface area contributed by atoms with Crippen LogP contribution in [0.25, 0.3) is 0 Å². The lowest BCUT2D eigenvalue weighted by Crippen LogP contribution is -2.19. The number of ether oxygens (including phenoxy) is 1. The molecule has 0 atom stereocenters. The molecule has 0 saturated heterocycles. The molecule has 0 spiro atoms. The lowest BCUT2D eigenvalue weighted by molar-refractivity contribution is -0.137. The predicted molar refractivity (Wildman–Crippen MR) is 67.9 cm³/mol. The zero-order valence-corrected chi connectivity index (χ0v) is 10.7. The van der Waals surface area contributed by atoms with E-state index in [1.165, 1.54) is 7.11 Å². The van der Waals surface area contributed by atoms with Crippen molar-refractivity contribution in [3.8, 4) is 11.5 Å². The fourth-order valence-electron chi connectivity index (χ4n) is 1.71. The van der Waals surface area contributed by atoms with Crippen LogP contribution < -0.4 is 4.74 Å². The maximum Gasteiger partial charge on any atom is 0.303 e. The Morgan fingerprint density at radius 3 is 2.78 bits per heavy atom. The molecule has 5 heteroatoms. The molecule has 2 N–H and O–H groups in total. The first kappa shape index (κ1) is 14.3. The van der Waals surface area contributed by atoms with Crippen LogP contribution in [0.15, 0.2) is 18.2 Å². The van der Waals surface area contributed by atoms with Crippen LogP contribution in [0, 0.1) is 0 Å². The van der Waals surface area contributed by atoms with E-state index in [1.807, 2.05) is 18.0 Å². The van der Waals surface area contributed by atoms with E-state index in [0.717, 1.165) is 12.1 Å². The molecule has 5 nitrogen and oxygen atoms in total. The van der Waals surface area contributed by atoms with E-state index in [2.05, 4.69) is 0 Å². The van der Waals surface area contributed by atoms with E-state index in [4.69, 9.17) is 9.84 Å². The number of phenols is 1. The first-order valence-corrected chi connectivity index (χ1v) is 5.79. The number of carboxylic acid groups (broad SMARTS) is 1.